The molecule has 2 aromatic rings. The molecule has 0 fully saturated rings. The Hall–Kier alpha value is -3.15. The summed E-state index contributed by atoms with van der Waals surface area (Å²) in [6.07, 6.45) is 1.70. The fourth-order valence-corrected chi connectivity index (χ4v) is 3.43. The summed E-state index contributed by atoms with van der Waals surface area (Å²) >= 11 is 0. The van der Waals surface area contributed by atoms with Gasteiger partial charge in [-0.3, -0.25) is 4.98 Å². The molecule has 2 heterocycles. The van der Waals surface area contributed by atoms with Crippen molar-refractivity contribution in [3.63, 3.8) is 0 Å². The van der Waals surface area contributed by atoms with Gasteiger partial charge in [0.15, 0.2) is 0 Å². The number of allylic oxidation sites excluding steroid dienone is 2. The fraction of sp³-hybridized carbons (Fsp3) is 0.286. The van der Waals surface area contributed by atoms with Crippen molar-refractivity contribution in [1.29, 1.82) is 0 Å². The van der Waals surface area contributed by atoms with E-state index >= 15 is 0 Å². The lowest BCUT2D eigenvalue weighted by Crippen LogP contribution is -2.32. The lowest BCUT2D eigenvalue weighted by Gasteiger charge is -2.30. The fourth-order valence-electron chi connectivity index (χ4n) is 3.43. The average molecular weight is 366 g/mol. The van der Waals surface area contributed by atoms with Gasteiger partial charge in [0.25, 0.3) is 0 Å². The van der Waals surface area contributed by atoms with E-state index in [1.54, 1.807) is 27.0 Å². The molecule has 0 amide bonds. The van der Waals surface area contributed by atoms with E-state index in [4.69, 9.17) is 9.47 Å². The minimum Gasteiger partial charge on any atom is -0.466 e. The van der Waals surface area contributed by atoms with E-state index in [2.05, 4.69) is 10.3 Å². The molecule has 3 rings (SSSR count). The molecule has 1 atom stereocenters. The maximum absolute atomic E-state index is 12.7. The van der Waals surface area contributed by atoms with Gasteiger partial charge in [-0.15, -0.1) is 0 Å². The van der Waals surface area contributed by atoms with Crippen LogP contribution in [0.2, 0.25) is 0 Å². The number of hydrogen-bond acceptors (Lipinski definition) is 6. The smallest absolute Gasteiger partial charge is 0.336 e. The zero-order valence-electron chi connectivity index (χ0n) is 15.8. The zero-order valence-corrected chi connectivity index (χ0v) is 15.8. The van der Waals surface area contributed by atoms with Gasteiger partial charge in [-0.2, -0.15) is 0 Å². The minimum atomic E-state index is -0.616. The molecule has 6 nitrogen and oxygen atoms in total. The number of methoxy groups -OCH3 is 1. The maximum Gasteiger partial charge on any atom is 0.336 e. The number of para-hydroxylation sites is 1. The van der Waals surface area contributed by atoms with Crippen LogP contribution in [0, 0.1) is 0 Å². The Labute approximate surface area is 157 Å². The first-order chi connectivity index (χ1) is 13.0. The van der Waals surface area contributed by atoms with E-state index in [9.17, 15) is 9.59 Å². The monoisotopic (exact) mass is 366 g/mol. The van der Waals surface area contributed by atoms with Crippen molar-refractivity contribution in [3.05, 3.63) is 64.6 Å². The summed E-state index contributed by atoms with van der Waals surface area (Å²) in [5.74, 6) is -1.57. The number of dihydropyridines is 1. The Balaban J connectivity index is 2.22. The van der Waals surface area contributed by atoms with Crippen LogP contribution in [0.15, 0.2) is 59.1 Å². The molecule has 1 aromatic carbocycles. The molecule has 0 bridgehead atoms. The first-order valence-corrected chi connectivity index (χ1v) is 8.76. The van der Waals surface area contributed by atoms with E-state index in [-0.39, 0.29) is 6.61 Å². The molecule has 0 saturated carbocycles. The van der Waals surface area contributed by atoms with Crippen molar-refractivity contribution in [1.82, 2.24) is 10.3 Å². The number of carbonyl (C=O) groups excluding carboxylic acids is 2. The number of carbonyl (C=O) groups is 2. The largest absolute Gasteiger partial charge is 0.466 e. The molecule has 140 valence electrons. The number of esters is 2. The van der Waals surface area contributed by atoms with Crippen molar-refractivity contribution in [2.75, 3.05) is 13.7 Å². The molecule has 1 N–H and O–H groups in total. The standard InChI is InChI=1S/C21H22N2O4/c1-5-27-21(25)18-13(3)23-12(2)17(20(24)26-4)19(18)15-10-14-8-6-7-9-16(14)22-11-15/h6-11,19,23H,5H2,1-4H3. The Morgan fingerprint density at radius 3 is 2.44 bits per heavy atom. The Kier molecular flexibility index (Phi) is 5.26. The summed E-state index contributed by atoms with van der Waals surface area (Å²) in [5.41, 5.74) is 3.64. The van der Waals surface area contributed by atoms with Crippen LogP contribution < -0.4 is 5.32 Å². The van der Waals surface area contributed by atoms with Gasteiger partial charge in [0, 0.05) is 23.0 Å². The Bertz CT molecular complexity index is 975. The first kappa shape index (κ1) is 18.6. The normalized spacial score (nSPS) is 17.0. The van der Waals surface area contributed by atoms with Gasteiger partial charge in [0.1, 0.15) is 0 Å². The second kappa shape index (κ2) is 7.61. The van der Waals surface area contributed by atoms with Crippen LogP contribution in [0.25, 0.3) is 10.9 Å². The summed E-state index contributed by atoms with van der Waals surface area (Å²) in [4.78, 5) is 29.7. The molecule has 27 heavy (non-hydrogen) atoms. The molecule has 0 aliphatic carbocycles. The number of nitrogens with one attached hydrogen (secondary N) is 1. The number of rotatable bonds is 4. The second-order valence-electron chi connectivity index (χ2n) is 6.31. The molecule has 0 spiro atoms. The molecule has 0 radical (unpaired) electrons. The van der Waals surface area contributed by atoms with Crippen LogP contribution in [0.4, 0.5) is 0 Å². The number of ether oxygens (including phenoxy) is 2. The highest BCUT2D eigenvalue weighted by Crippen LogP contribution is 2.39. The van der Waals surface area contributed by atoms with E-state index < -0.39 is 17.9 Å². The number of fused-ring (bicyclic) bond motifs is 1. The van der Waals surface area contributed by atoms with E-state index in [1.807, 2.05) is 30.3 Å². The molecule has 1 aliphatic rings. The lowest BCUT2D eigenvalue weighted by molar-refractivity contribution is -0.139. The topological polar surface area (TPSA) is 77.5 Å². The number of hydrogen-bond donors (Lipinski definition) is 1. The highest BCUT2D eigenvalue weighted by molar-refractivity contribution is 6.00. The highest BCUT2D eigenvalue weighted by Gasteiger charge is 2.37. The zero-order chi connectivity index (χ0) is 19.6. The van der Waals surface area contributed by atoms with Gasteiger partial charge in [-0.1, -0.05) is 18.2 Å². The lowest BCUT2D eigenvalue weighted by atomic mass is 9.80. The number of nitrogens with zero attached hydrogens (tertiary/aromatic N) is 1. The number of aromatic nitrogens is 1. The molecular weight excluding hydrogens is 344 g/mol. The SMILES string of the molecule is CCOC(=O)C1=C(C)NC(C)=C(C(=O)OC)C1c1cnc2ccccc2c1. The molecule has 1 aromatic heterocycles. The number of benzene rings is 1. The summed E-state index contributed by atoms with van der Waals surface area (Å²) < 4.78 is 10.2. The third-order valence-electron chi connectivity index (χ3n) is 4.61. The van der Waals surface area contributed by atoms with Crippen molar-refractivity contribution < 1.29 is 19.1 Å². The van der Waals surface area contributed by atoms with Gasteiger partial charge in [0.05, 0.1) is 36.3 Å². The van der Waals surface area contributed by atoms with Crippen molar-refractivity contribution in [2.24, 2.45) is 0 Å². The van der Waals surface area contributed by atoms with E-state index in [0.29, 0.717) is 22.5 Å². The minimum absolute atomic E-state index is 0.245. The average Bonchev–Trinajstić information content (AvgIpc) is 2.66. The van der Waals surface area contributed by atoms with Crippen molar-refractivity contribution in [3.8, 4) is 0 Å². The first-order valence-electron chi connectivity index (χ1n) is 8.76. The van der Waals surface area contributed by atoms with Crippen molar-refractivity contribution in [2.45, 2.75) is 26.7 Å². The molecule has 1 aliphatic heterocycles. The van der Waals surface area contributed by atoms with Gasteiger partial charge in [0.2, 0.25) is 0 Å². The van der Waals surface area contributed by atoms with Crippen LogP contribution >= 0.6 is 0 Å². The van der Waals surface area contributed by atoms with E-state index in [1.165, 1.54) is 7.11 Å². The third-order valence-corrected chi connectivity index (χ3v) is 4.61. The molecular formula is C21H22N2O4. The van der Waals surface area contributed by atoms with Crippen molar-refractivity contribution >= 4 is 22.8 Å². The Morgan fingerprint density at radius 2 is 1.78 bits per heavy atom. The molecule has 1 unspecified atom stereocenters. The summed E-state index contributed by atoms with van der Waals surface area (Å²) in [6, 6.07) is 9.64. The summed E-state index contributed by atoms with van der Waals surface area (Å²) in [5, 5.41) is 4.04. The van der Waals surface area contributed by atoms with Crippen LogP contribution in [0.5, 0.6) is 0 Å². The van der Waals surface area contributed by atoms with Crippen LogP contribution in [0.1, 0.15) is 32.3 Å². The van der Waals surface area contributed by atoms with Gasteiger partial charge in [-0.05, 0) is 38.5 Å². The third kappa shape index (κ3) is 3.43. The second-order valence-corrected chi connectivity index (χ2v) is 6.31. The quantitative estimate of drug-likeness (QED) is 0.838. The maximum atomic E-state index is 12.7. The summed E-state index contributed by atoms with van der Waals surface area (Å²) in [6.45, 7) is 5.58. The van der Waals surface area contributed by atoms with Gasteiger partial charge < -0.3 is 14.8 Å². The van der Waals surface area contributed by atoms with E-state index in [0.717, 1.165) is 16.5 Å². The highest BCUT2D eigenvalue weighted by atomic mass is 16.5. The van der Waals surface area contributed by atoms with Gasteiger partial charge in [-0.25, -0.2) is 9.59 Å². The molecule has 6 heteroatoms. The summed E-state index contributed by atoms with van der Waals surface area (Å²) in [7, 11) is 1.33. The number of pyridine rings is 1. The predicted octanol–water partition coefficient (Wildman–Crippen LogP) is 3.21. The van der Waals surface area contributed by atoms with Crippen LogP contribution in [-0.4, -0.2) is 30.6 Å². The predicted molar refractivity (Wildman–Crippen MR) is 102 cm³/mol. The Morgan fingerprint density at radius 1 is 1.11 bits per heavy atom. The van der Waals surface area contributed by atoms with Gasteiger partial charge >= 0.3 is 11.9 Å². The van der Waals surface area contributed by atoms with Crippen LogP contribution in [-0.2, 0) is 19.1 Å². The van der Waals surface area contributed by atoms with Crippen LogP contribution in [0.3, 0.4) is 0 Å². The molecule has 0 saturated heterocycles.